The van der Waals surface area contributed by atoms with Gasteiger partial charge in [-0.25, -0.2) is 0 Å². The summed E-state index contributed by atoms with van der Waals surface area (Å²) in [6.07, 6.45) is 2.91. The SMILES string of the molecule is O=C1C[C@@H](c2coc3ccccc3c2=O)c2c(ccc3c2O/C(=C\c2ccc4c(c2)OCCO4)C3=O)O1. The van der Waals surface area contributed by atoms with Crippen molar-refractivity contribution in [2.45, 2.75) is 12.3 Å². The Morgan fingerprint density at radius 2 is 1.65 bits per heavy atom. The molecular weight excluding hydrogens is 476 g/mol. The van der Waals surface area contributed by atoms with E-state index < -0.39 is 11.9 Å². The maximum atomic E-state index is 13.4. The zero-order chi connectivity index (χ0) is 25.1. The van der Waals surface area contributed by atoms with Gasteiger partial charge in [0.05, 0.1) is 23.6 Å². The Labute approximate surface area is 209 Å². The van der Waals surface area contributed by atoms with Gasteiger partial charge in [0.15, 0.2) is 22.7 Å². The molecule has 0 radical (unpaired) electrons. The Morgan fingerprint density at radius 1 is 0.838 bits per heavy atom. The lowest BCUT2D eigenvalue weighted by Crippen LogP contribution is -2.25. The maximum Gasteiger partial charge on any atom is 0.312 e. The van der Waals surface area contributed by atoms with E-state index in [0.717, 1.165) is 0 Å². The summed E-state index contributed by atoms with van der Waals surface area (Å²) in [5, 5.41) is 0.407. The number of carbonyl (C=O) groups is 2. The van der Waals surface area contributed by atoms with Gasteiger partial charge in [0.1, 0.15) is 30.3 Å². The van der Waals surface area contributed by atoms with Gasteiger partial charge in [-0.15, -0.1) is 0 Å². The molecule has 8 heteroatoms. The molecule has 3 aliphatic rings. The number of hydrogen-bond donors (Lipinski definition) is 0. The van der Waals surface area contributed by atoms with Crippen LogP contribution in [0.15, 0.2) is 75.8 Å². The van der Waals surface area contributed by atoms with Gasteiger partial charge in [0.2, 0.25) is 5.78 Å². The van der Waals surface area contributed by atoms with Crippen molar-refractivity contribution in [1.82, 2.24) is 0 Å². The number of ether oxygens (including phenoxy) is 4. The first-order valence-corrected chi connectivity index (χ1v) is 11.8. The number of Topliss-reactive ketones (excluding diaryl/α,β-unsaturated/α-hetero) is 1. The number of benzene rings is 3. The molecule has 0 N–H and O–H groups in total. The number of hydrogen-bond acceptors (Lipinski definition) is 8. The van der Waals surface area contributed by atoms with Gasteiger partial charge >= 0.3 is 5.97 Å². The molecule has 3 aliphatic heterocycles. The van der Waals surface area contributed by atoms with Crippen LogP contribution in [0.2, 0.25) is 0 Å². The summed E-state index contributed by atoms with van der Waals surface area (Å²) in [5.41, 5.74) is 2.00. The molecule has 7 rings (SSSR count). The maximum absolute atomic E-state index is 13.4. The molecule has 0 aliphatic carbocycles. The summed E-state index contributed by atoms with van der Waals surface area (Å²) in [7, 11) is 0. The number of ketones is 1. The highest BCUT2D eigenvalue weighted by molar-refractivity contribution is 6.15. The van der Waals surface area contributed by atoms with Crippen molar-refractivity contribution >= 4 is 28.8 Å². The Balaban J connectivity index is 1.33. The van der Waals surface area contributed by atoms with Crippen molar-refractivity contribution in [2.24, 2.45) is 0 Å². The molecule has 4 heterocycles. The minimum Gasteiger partial charge on any atom is -0.486 e. The van der Waals surface area contributed by atoms with Crippen LogP contribution in [0, 0.1) is 0 Å². The van der Waals surface area contributed by atoms with E-state index in [0.29, 0.717) is 57.9 Å². The van der Waals surface area contributed by atoms with Crippen molar-refractivity contribution in [1.29, 1.82) is 0 Å². The molecule has 1 atom stereocenters. The molecule has 0 amide bonds. The molecule has 8 nitrogen and oxygen atoms in total. The smallest absolute Gasteiger partial charge is 0.312 e. The van der Waals surface area contributed by atoms with E-state index in [9.17, 15) is 14.4 Å². The van der Waals surface area contributed by atoms with E-state index in [1.165, 1.54) is 6.26 Å². The molecule has 37 heavy (non-hydrogen) atoms. The van der Waals surface area contributed by atoms with Crippen molar-refractivity contribution in [3.63, 3.8) is 0 Å². The summed E-state index contributed by atoms with van der Waals surface area (Å²) in [6.45, 7) is 0.930. The van der Waals surface area contributed by atoms with Crippen LogP contribution in [0.5, 0.6) is 23.0 Å². The van der Waals surface area contributed by atoms with E-state index in [2.05, 4.69) is 0 Å². The molecule has 0 unspecified atom stereocenters. The van der Waals surface area contributed by atoms with Crippen molar-refractivity contribution in [3.8, 4) is 23.0 Å². The first kappa shape index (κ1) is 21.4. The first-order valence-electron chi connectivity index (χ1n) is 11.8. The molecule has 3 aromatic carbocycles. The largest absolute Gasteiger partial charge is 0.486 e. The van der Waals surface area contributed by atoms with E-state index in [-0.39, 0.29) is 34.9 Å². The summed E-state index contributed by atoms with van der Waals surface area (Å²) in [5.74, 6) is 0.376. The van der Waals surface area contributed by atoms with Crippen LogP contribution in [0.3, 0.4) is 0 Å². The fraction of sp³-hybridized carbons (Fsp3) is 0.138. The first-order chi connectivity index (χ1) is 18.1. The van der Waals surface area contributed by atoms with Gasteiger partial charge < -0.3 is 23.4 Å². The van der Waals surface area contributed by atoms with Crippen molar-refractivity contribution in [3.05, 3.63) is 99.1 Å². The third-order valence-corrected chi connectivity index (χ3v) is 6.73. The number of rotatable bonds is 2. The summed E-state index contributed by atoms with van der Waals surface area (Å²) in [4.78, 5) is 39.1. The second kappa shape index (κ2) is 8.09. The van der Waals surface area contributed by atoms with Gasteiger partial charge in [0.25, 0.3) is 0 Å². The molecule has 1 aromatic heterocycles. The zero-order valence-electron chi connectivity index (χ0n) is 19.3. The number of carbonyl (C=O) groups excluding carboxylic acids is 2. The third kappa shape index (κ3) is 3.41. The summed E-state index contributed by atoms with van der Waals surface area (Å²) < 4.78 is 28.5. The van der Waals surface area contributed by atoms with Gasteiger partial charge in [-0.3, -0.25) is 14.4 Å². The van der Waals surface area contributed by atoms with Crippen LogP contribution in [0.25, 0.3) is 17.0 Å². The highest BCUT2D eigenvalue weighted by Gasteiger charge is 2.39. The van der Waals surface area contributed by atoms with Crippen molar-refractivity contribution in [2.75, 3.05) is 13.2 Å². The average molecular weight is 494 g/mol. The summed E-state index contributed by atoms with van der Waals surface area (Å²) >= 11 is 0. The van der Waals surface area contributed by atoms with E-state index in [4.69, 9.17) is 23.4 Å². The lowest BCUT2D eigenvalue weighted by atomic mass is 9.85. The van der Waals surface area contributed by atoms with Crippen LogP contribution in [-0.2, 0) is 4.79 Å². The fourth-order valence-corrected chi connectivity index (χ4v) is 5.01. The van der Waals surface area contributed by atoms with Gasteiger partial charge in [-0.2, -0.15) is 0 Å². The van der Waals surface area contributed by atoms with E-state index in [1.54, 1.807) is 60.7 Å². The highest BCUT2D eigenvalue weighted by Crippen LogP contribution is 2.48. The standard InChI is InChI=1S/C29H18O8/c30-25-13-18(19-14-35-20-4-2-1-3-16(20)27(19)31)26-22(36-25)8-6-17-28(32)24(37-29(17)26)12-15-5-7-21-23(11-15)34-10-9-33-21/h1-8,11-12,14,18H,9-10,13H2/b24-12-/t18-/m0/s1. The van der Waals surface area contributed by atoms with Crippen LogP contribution >= 0.6 is 0 Å². The normalized spacial score (nSPS) is 18.8. The third-order valence-electron chi connectivity index (χ3n) is 6.73. The molecule has 0 fully saturated rings. The minimum absolute atomic E-state index is 0.0920. The summed E-state index contributed by atoms with van der Waals surface area (Å²) in [6, 6.07) is 15.4. The predicted molar refractivity (Wildman–Crippen MR) is 131 cm³/mol. The molecule has 182 valence electrons. The molecule has 0 saturated heterocycles. The van der Waals surface area contributed by atoms with Gasteiger partial charge in [-0.1, -0.05) is 18.2 Å². The zero-order valence-corrected chi connectivity index (χ0v) is 19.3. The fourth-order valence-electron chi connectivity index (χ4n) is 5.01. The molecule has 0 bridgehead atoms. The number of para-hydroxylation sites is 1. The molecule has 4 aromatic rings. The Kier molecular flexibility index (Phi) is 4.69. The molecule has 0 spiro atoms. The van der Waals surface area contributed by atoms with E-state index >= 15 is 0 Å². The lowest BCUT2D eigenvalue weighted by Gasteiger charge is -2.25. The monoisotopic (exact) mass is 494 g/mol. The van der Waals surface area contributed by atoms with Crippen LogP contribution in [0.4, 0.5) is 0 Å². The lowest BCUT2D eigenvalue weighted by molar-refractivity contribution is -0.135. The van der Waals surface area contributed by atoms with Crippen LogP contribution < -0.4 is 24.4 Å². The highest BCUT2D eigenvalue weighted by atomic mass is 16.6. The number of esters is 1. The van der Waals surface area contributed by atoms with Gasteiger partial charge in [0, 0.05) is 17.0 Å². The Morgan fingerprint density at radius 3 is 2.54 bits per heavy atom. The van der Waals surface area contributed by atoms with E-state index in [1.807, 2.05) is 0 Å². The topological polar surface area (TPSA) is 101 Å². The van der Waals surface area contributed by atoms with Crippen molar-refractivity contribution < 1.29 is 33.0 Å². The minimum atomic E-state index is -0.700. The average Bonchev–Trinajstić information content (AvgIpc) is 3.23. The molecular formula is C29H18O8. The second-order valence-corrected chi connectivity index (χ2v) is 8.94. The Bertz CT molecular complexity index is 1730. The van der Waals surface area contributed by atoms with Crippen LogP contribution in [-0.4, -0.2) is 25.0 Å². The Hall–Kier alpha value is -4.85. The predicted octanol–water partition coefficient (Wildman–Crippen LogP) is 4.62. The quantitative estimate of drug-likeness (QED) is 0.226. The molecule has 0 saturated carbocycles. The second-order valence-electron chi connectivity index (χ2n) is 8.94. The number of allylic oxidation sites excluding steroid dienone is 1. The number of fused-ring (bicyclic) bond motifs is 5. The van der Waals surface area contributed by atoms with Gasteiger partial charge in [-0.05, 0) is 48.0 Å². The van der Waals surface area contributed by atoms with Crippen LogP contribution in [0.1, 0.15) is 39.4 Å².